The highest BCUT2D eigenvalue weighted by molar-refractivity contribution is 6.30. The Kier molecular flexibility index (Phi) is 21.7. The van der Waals surface area contributed by atoms with Crippen molar-refractivity contribution in [3.05, 3.63) is 0 Å². The molecular formula is C25H44O11. The fraction of sp³-hybridized carbons (Fsp3) is 0.840. The summed E-state index contributed by atoms with van der Waals surface area (Å²) in [6.45, 7) is 5.49. The van der Waals surface area contributed by atoms with Gasteiger partial charge in [0.15, 0.2) is 0 Å². The van der Waals surface area contributed by atoms with Crippen LogP contribution in [0.2, 0.25) is 0 Å². The highest BCUT2D eigenvalue weighted by atomic mass is 16.6. The Morgan fingerprint density at radius 3 is 1.25 bits per heavy atom. The smallest absolute Gasteiger partial charge is 0.417 e. The average Bonchev–Trinajstić information content (AvgIpc) is 2.84. The van der Waals surface area contributed by atoms with Gasteiger partial charge in [-0.05, 0) is 69.6 Å². The number of carbonyl (C=O) groups excluding carboxylic acids is 4. The second kappa shape index (κ2) is 23.2. The van der Waals surface area contributed by atoms with Gasteiger partial charge in [0, 0.05) is 26.4 Å². The summed E-state index contributed by atoms with van der Waals surface area (Å²) in [4.78, 5) is 46.1. The van der Waals surface area contributed by atoms with Crippen LogP contribution < -0.4 is 0 Å². The molecule has 36 heavy (non-hydrogen) atoms. The van der Waals surface area contributed by atoms with Gasteiger partial charge in [-0.15, -0.1) is 0 Å². The minimum atomic E-state index is -1.01. The van der Waals surface area contributed by atoms with Crippen molar-refractivity contribution in [2.24, 2.45) is 11.8 Å². The maximum atomic E-state index is 11.6. The summed E-state index contributed by atoms with van der Waals surface area (Å²) in [5, 5.41) is 17.6. The monoisotopic (exact) mass is 520 g/mol. The summed E-state index contributed by atoms with van der Waals surface area (Å²) >= 11 is 0. The molecule has 0 rings (SSSR count). The maximum absolute atomic E-state index is 11.6. The van der Waals surface area contributed by atoms with Crippen LogP contribution >= 0.6 is 0 Å². The van der Waals surface area contributed by atoms with Crippen molar-refractivity contribution in [2.45, 2.75) is 71.6 Å². The van der Waals surface area contributed by atoms with Crippen molar-refractivity contribution >= 4 is 23.9 Å². The molecular weight excluding hydrogens is 476 g/mol. The summed E-state index contributed by atoms with van der Waals surface area (Å²) in [6, 6.07) is 0. The number of hydrogen-bond acceptors (Lipinski definition) is 11. The molecule has 0 bridgehead atoms. The van der Waals surface area contributed by atoms with E-state index >= 15 is 0 Å². The van der Waals surface area contributed by atoms with E-state index in [0.29, 0.717) is 58.2 Å². The Balaban J connectivity index is 3.51. The summed E-state index contributed by atoms with van der Waals surface area (Å²) in [5.74, 6) is -3.60. The van der Waals surface area contributed by atoms with Crippen LogP contribution in [0.1, 0.15) is 71.6 Å². The zero-order valence-corrected chi connectivity index (χ0v) is 21.7. The molecule has 0 aromatic carbocycles. The lowest BCUT2D eigenvalue weighted by molar-refractivity contribution is -0.168. The van der Waals surface area contributed by atoms with Crippen LogP contribution in [0.5, 0.6) is 0 Å². The molecule has 0 aliphatic carbocycles. The number of unbranched alkanes of at least 4 members (excludes halogenated alkanes) is 3. The largest absolute Gasteiger partial charge is 0.457 e. The normalized spacial score (nSPS) is 12.4. The quantitative estimate of drug-likeness (QED) is 0.0987. The number of hydrogen-bond donors (Lipinski definition) is 2. The van der Waals surface area contributed by atoms with E-state index in [-0.39, 0.29) is 51.5 Å². The fourth-order valence-electron chi connectivity index (χ4n) is 2.89. The first-order valence-electron chi connectivity index (χ1n) is 12.8. The molecule has 0 amide bonds. The molecule has 0 spiro atoms. The zero-order valence-electron chi connectivity index (χ0n) is 21.7. The predicted octanol–water partition coefficient (Wildman–Crippen LogP) is 1.94. The van der Waals surface area contributed by atoms with E-state index in [9.17, 15) is 19.2 Å². The highest BCUT2D eigenvalue weighted by Crippen LogP contribution is 2.07. The molecule has 0 aromatic rings. The van der Waals surface area contributed by atoms with Crippen molar-refractivity contribution in [2.75, 3.05) is 52.9 Å². The molecule has 0 radical (unpaired) electrons. The third-order valence-electron chi connectivity index (χ3n) is 5.35. The van der Waals surface area contributed by atoms with Gasteiger partial charge in [-0.3, -0.25) is 0 Å². The number of carbonyl (C=O) groups is 4. The van der Waals surface area contributed by atoms with E-state index in [4.69, 9.17) is 33.9 Å². The lowest BCUT2D eigenvalue weighted by Gasteiger charge is -2.10. The SMILES string of the molecule is CC(CCO)CCOC(=O)C(=O)OCCCCCOCCCCOC(=O)C(=O)OCCC(C)CCO. The molecule has 2 unspecified atom stereocenters. The van der Waals surface area contributed by atoms with Crippen LogP contribution in [-0.2, 0) is 42.9 Å². The minimum absolute atomic E-state index is 0.0749. The zero-order chi connectivity index (χ0) is 27.0. The van der Waals surface area contributed by atoms with Crippen LogP contribution in [0.3, 0.4) is 0 Å². The van der Waals surface area contributed by atoms with Gasteiger partial charge in [0.1, 0.15) is 0 Å². The Morgan fingerprint density at radius 2 is 0.833 bits per heavy atom. The van der Waals surface area contributed by atoms with Gasteiger partial charge in [-0.1, -0.05) is 13.8 Å². The van der Waals surface area contributed by atoms with E-state index in [1.165, 1.54) is 0 Å². The van der Waals surface area contributed by atoms with E-state index < -0.39 is 23.9 Å². The van der Waals surface area contributed by atoms with E-state index in [1.807, 2.05) is 13.8 Å². The first-order valence-corrected chi connectivity index (χ1v) is 12.8. The molecule has 0 aliphatic heterocycles. The van der Waals surface area contributed by atoms with Gasteiger partial charge in [0.05, 0.1) is 26.4 Å². The summed E-state index contributed by atoms with van der Waals surface area (Å²) in [5.41, 5.74) is 0. The Bertz CT molecular complexity index is 557. The van der Waals surface area contributed by atoms with Gasteiger partial charge in [0.25, 0.3) is 0 Å². The third-order valence-corrected chi connectivity index (χ3v) is 5.35. The van der Waals surface area contributed by atoms with Gasteiger partial charge < -0.3 is 33.9 Å². The van der Waals surface area contributed by atoms with Crippen LogP contribution in [-0.4, -0.2) is 86.9 Å². The topological polar surface area (TPSA) is 155 Å². The van der Waals surface area contributed by atoms with Gasteiger partial charge in [-0.2, -0.15) is 0 Å². The van der Waals surface area contributed by atoms with Crippen LogP contribution in [0.25, 0.3) is 0 Å². The van der Waals surface area contributed by atoms with Crippen LogP contribution in [0.4, 0.5) is 0 Å². The number of esters is 4. The van der Waals surface area contributed by atoms with Crippen molar-refractivity contribution < 1.29 is 53.1 Å². The minimum Gasteiger partial charge on any atom is -0.457 e. The third kappa shape index (κ3) is 20.0. The fourth-order valence-corrected chi connectivity index (χ4v) is 2.89. The van der Waals surface area contributed by atoms with Crippen molar-refractivity contribution in [1.29, 1.82) is 0 Å². The number of ether oxygens (including phenoxy) is 5. The van der Waals surface area contributed by atoms with Crippen LogP contribution in [0, 0.1) is 11.8 Å². The molecule has 11 nitrogen and oxygen atoms in total. The lowest BCUT2D eigenvalue weighted by Crippen LogP contribution is -2.22. The molecule has 2 N–H and O–H groups in total. The molecule has 0 aromatic heterocycles. The summed E-state index contributed by atoms with van der Waals surface area (Å²) in [7, 11) is 0. The van der Waals surface area contributed by atoms with E-state index in [2.05, 4.69) is 0 Å². The van der Waals surface area contributed by atoms with E-state index in [1.54, 1.807) is 0 Å². The van der Waals surface area contributed by atoms with Gasteiger partial charge >= 0.3 is 23.9 Å². The van der Waals surface area contributed by atoms with Gasteiger partial charge in [-0.25, -0.2) is 19.2 Å². The molecule has 0 saturated heterocycles. The highest BCUT2D eigenvalue weighted by Gasteiger charge is 2.18. The second-order valence-electron chi connectivity index (χ2n) is 8.74. The predicted molar refractivity (Wildman–Crippen MR) is 129 cm³/mol. The number of rotatable bonds is 21. The second-order valence-corrected chi connectivity index (χ2v) is 8.74. The summed E-state index contributed by atoms with van der Waals surface area (Å²) in [6.07, 6.45) is 5.73. The van der Waals surface area contributed by atoms with Crippen molar-refractivity contribution in [3.8, 4) is 0 Å². The molecule has 0 fully saturated rings. The first kappa shape index (κ1) is 33.8. The van der Waals surface area contributed by atoms with Crippen molar-refractivity contribution in [3.63, 3.8) is 0 Å². The molecule has 210 valence electrons. The molecule has 0 aliphatic rings. The Labute approximate surface area is 213 Å². The van der Waals surface area contributed by atoms with E-state index in [0.717, 1.165) is 12.8 Å². The Hall–Kier alpha value is -2.24. The van der Waals surface area contributed by atoms with Gasteiger partial charge in [0.2, 0.25) is 0 Å². The molecule has 2 atom stereocenters. The maximum Gasteiger partial charge on any atom is 0.417 e. The number of aliphatic hydroxyl groups is 2. The molecule has 11 heteroatoms. The number of aliphatic hydroxyl groups excluding tert-OH is 2. The first-order chi connectivity index (χ1) is 17.3. The average molecular weight is 521 g/mol. The lowest BCUT2D eigenvalue weighted by atomic mass is 10.1. The van der Waals surface area contributed by atoms with Crippen molar-refractivity contribution in [1.82, 2.24) is 0 Å². The summed E-state index contributed by atoms with van der Waals surface area (Å²) < 4.78 is 24.9. The molecule has 0 saturated carbocycles. The Morgan fingerprint density at radius 1 is 0.500 bits per heavy atom. The standard InChI is InChI=1S/C25H44O11/c1-20(8-12-26)10-18-35-24(30)22(28)33-16-5-3-4-14-32-15-6-7-17-34-23(29)25(31)36-19-11-21(2)9-13-27/h20-21,26-27H,3-19H2,1-2H3. The molecule has 0 heterocycles. The van der Waals surface area contributed by atoms with Crippen LogP contribution in [0.15, 0.2) is 0 Å².